The van der Waals surface area contributed by atoms with E-state index in [4.69, 9.17) is 0 Å². The van der Waals surface area contributed by atoms with E-state index in [2.05, 4.69) is 72.9 Å². The fourth-order valence-corrected chi connectivity index (χ4v) is 6.67. The third kappa shape index (κ3) is 8.26. The first kappa shape index (κ1) is 32.7. The topological polar surface area (TPSA) is 82.7 Å². The zero-order chi connectivity index (χ0) is 30.8. The van der Waals surface area contributed by atoms with Crippen molar-refractivity contribution in [2.75, 3.05) is 26.7 Å². The van der Waals surface area contributed by atoms with Gasteiger partial charge in [-0.05, 0) is 62.9 Å². The lowest BCUT2D eigenvalue weighted by molar-refractivity contribution is -0.152. The Morgan fingerprint density at radius 1 is 1.02 bits per heavy atom. The number of hydrogen-bond donors (Lipinski definition) is 1. The largest absolute Gasteiger partial charge is 0.393 e. The minimum absolute atomic E-state index is 0.0445. The molecule has 234 valence electrons. The van der Waals surface area contributed by atoms with Crippen LogP contribution in [-0.2, 0) is 25.5 Å². The zero-order valence-corrected chi connectivity index (χ0v) is 26.7. The number of fused-ring (bicyclic) bond motifs is 2. The normalized spacial score (nSPS) is 21.4. The predicted molar refractivity (Wildman–Crippen MR) is 173 cm³/mol. The number of cyclic esters (lactones) is 2. The van der Waals surface area contributed by atoms with Gasteiger partial charge in [-0.1, -0.05) is 82.2 Å². The Morgan fingerprint density at radius 2 is 1.74 bits per heavy atom. The molecule has 0 bridgehead atoms. The molecule has 1 aromatic heterocycles. The minimum Gasteiger partial charge on any atom is -0.393 e. The molecule has 1 unspecified atom stereocenters. The average Bonchev–Trinajstić information content (AvgIpc) is 3.57. The molecule has 0 radical (unpaired) electrons. The van der Waals surface area contributed by atoms with E-state index in [9.17, 15) is 14.4 Å². The molecule has 1 amide bonds. The van der Waals surface area contributed by atoms with Gasteiger partial charge in [0.05, 0.1) is 18.3 Å². The maximum Gasteiger partial charge on any atom is 0.321 e. The predicted octanol–water partition coefficient (Wildman–Crippen LogP) is 7.07. The van der Waals surface area contributed by atoms with Crippen LogP contribution in [0.4, 0.5) is 0 Å². The summed E-state index contributed by atoms with van der Waals surface area (Å²) >= 11 is 0. The van der Waals surface area contributed by atoms with Crippen LogP contribution in [0.3, 0.4) is 0 Å². The fourth-order valence-electron chi connectivity index (χ4n) is 6.67. The molecule has 0 spiro atoms. The molecule has 43 heavy (non-hydrogen) atoms. The third-order valence-corrected chi connectivity index (χ3v) is 9.16. The number of carbonyl (C=O) groups excluding carboxylic acids is 3. The summed E-state index contributed by atoms with van der Waals surface area (Å²) < 4.78 is 4.49. The molecule has 0 saturated carbocycles. The highest BCUT2D eigenvalue weighted by Crippen LogP contribution is 2.41. The SMILES string of the molecule is CCCCCCCCCCC=CC1CC(=O)OC1=O.CCN(CC)C(=O)[C@@H]1C=C2c3cccc4[nH]cc(c34)C[C@H]2N(C)C1. The van der Waals surface area contributed by atoms with E-state index in [-0.39, 0.29) is 24.2 Å². The maximum absolute atomic E-state index is 12.9. The molecular weight excluding hydrogens is 538 g/mol. The summed E-state index contributed by atoms with van der Waals surface area (Å²) in [5, 5.41) is 1.34. The van der Waals surface area contributed by atoms with E-state index in [1.165, 1.54) is 79.0 Å². The first-order valence-electron chi connectivity index (χ1n) is 16.6. The van der Waals surface area contributed by atoms with Gasteiger partial charge >= 0.3 is 11.9 Å². The molecule has 1 saturated heterocycles. The second kappa shape index (κ2) is 16.0. The van der Waals surface area contributed by atoms with Crippen molar-refractivity contribution < 1.29 is 19.1 Å². The van der Waals surface area contributed by atoms with E-state index in [0.717, 1.165) is 32.5 Å². The number of carbonyl (C=O) groups is 3. The lowest BCUT2D eigenvalue weighted by Gasteiger charge is -2.40. The Balaban J connectivity index is 0.000000204. The van der Waals surface area contributed by atoms with E-state index in [1.54, 1.807) is 0 Å². The highest BCUT2D eigenvalue weighted by molar-refractivity contribution is 5.99. The van der Waals surface area contributed by atoms with Crippen LogP contribution in [0, 0.1) is 11.8 Å². The summed E-state index contributed by atoms with van der Waals surface area (Å²) in [4.78, 5) is 42.6. The van der Waals surface area contributed by atoms with E-state index >= 15 is 0 Å². The van der Waals surface area contributed by atoms with Gasteiger partial charge in [-0.25, -0.2) is 0 Å². The zero-order valence-electron chi connectivity index (χ0n) is 26.7. The quantitative estimate of drug-likeness (QED) is 0.117. The van der Waals surface area contributed by atoms with Gasteiger partial charge in [0.1, 0.15) is 0 Å². The van der Waals surface area contributed by atoms with Crippen LogP contribution < -0.4 is 0 Å². The number of aromatic amines is 1. The monoisotopic (exact) mass is 589 g/mol. The van der Waals surface area contributed by atoms with E-state index in [0.29, 0.717) is 6.04 Å². The Hall–Kier alpha value is -3.19. The van der Waals surface area contributed by atoms with Crippen LogP contribution in [0.2, 0.25) is 0 Å². The lowest BCUT2D eigenvalue weighted by Crippen LogP contribution is -2.47. The molecular formula is C36H51N3O4. The highest BCUT2D eigenvalue weighted by Gasteiger charge is 2.36. The van der Waals surface area contributed by atoms with Gasteiger partial charge in [-0.15, -0.1) is 0 Å². The van der Waals surface area contributed by atoms with Gasteiger partial charge in [-0.2, -0.15) is 0 Å². The molecule has 3 aliphatic rings. The number of nitrogens with one attached hydrogen (secondary N) is 1. The molecule has 7 nitrogen and oxygen atoms in total. The van der Waals surface area contributed by atoms with Crippen molar-refractivity contribution in [3.8, 4) is 0 Å². The van der Waals surface area contributed by atoms with Crippen LogP contribution in [0.25, 0.3) is 16.5 Å². The standard InChI is InChI=1S/C20H25N3O.C16H26O3/c1-4-23(5-2)20(24)14-9-16-15-7-6-8-17-19(15)13(11-21-17)10-18(16)22(3)12-14;1-2-3-4-5-6-7-8-9-10-11-12-14-13-15(17)19-16(14)18/h6-9,11,14,18,21H,4-5,10,12H2,1-3H3;11-12,14H,2-10,13H2,1H3/t14-,18-;/m1./s1. The van der Waals surface area contributed by atoms with Crippen molar-refractivity contribution in [3.63, 3.8) is 0 Å². The van der Waals surface area contributed by atoms with Crippen LogP contribution in [0.1, 0.15) is 96.1 Å². The van der Waals surface area contributed by atoms with Crippen LogP contribution in [0.15, 0.2) is 42.6 Å². The number of hydrogen-bond acceptors (Lipinski definition) is 5. The molecule has 3 heterocycles. The van der Waals surface area contributed by atoms with Crippen LogP contribution in [0.5, 0.6) is 0 Å². The maximum atomic E-state index is 12.9. The molecule has 2 aliphatic heterocycles. The number of unbranched alkanes of at least 4 members (excludes halogenated alkanes) is 8. The number of allylic oxidation sites excluding steroid dienone is 1. The fraction of sp³-hybridized carbons (Fsp3) is 0.583. The summed E-state index contributed by atoms with van der Waals surface area (Å²) in [6.07, 6.45) is 20.9. The third-order valence-electron chi connectivity index (χ3n) is 9.16. The summed E-state index contributed by atoms with van der Waals surface area (Å²) in [6.45, 7) is 8.70. The van der Waals surface area contributed by atoms with Gasteiger partial charge in [0.15, 0.2) is 0 Å². The molecule has 1 N–H and O–H groups in total. The number of ether oxygens (including phenoxy) is 1. The van der Waals surface area contributed by atoms with Gasteiger partial charge in [-0.3, -0.25) is 19.3 Å². The molecule has 1 aromatic carbocycles. The van der Waals surface area contributed by atoms with Crippen LogP contribution >= 0.6 is 0 Å². The molecule has 1 fully saturated rings. The van der Waals surface area contributed by atoms with Crippen molar-refractivity contribution >= 4 is 34.3 Å². The van der Waals surface area contributed by atoms with Gasteiger partial charge in [0, 0.05) is 42.8 Å². The van der Waals surface area contributed by atoms with Crippen LogP contribution in [-0.4, -0.2) is 65.4 Å². The molecule has 7 heteroatoms. The number of likely N-dealkylation sites (N-methyl/N-ethyl adjacent to an activating group) is 1. The first-order chi connectivity index (χ1) is 20.9. The van der Waals surface area contributed by atoms with Crippen molar-refractivity contribution in [2.24, 2.45) is 11.8 Å². The number of rotatable bonds is 13. The summed E-state index contributed by atoms with van der Waals surface area (Å²) in [5.41, 5.74) is 5.21. The molecule has 5 rings (SSSR count). The molecule has 2 aromatic rings. The van der Waals surface area contributed by atoms with E-state index < -0.39 is 11.9 Å². The number of benzene rings is 1. The molecule has 1 aliphatic carbocycles. The average molecular weight is 590 g/mol. The van der Waals surface area contributed by atoms with Gasteiger partial charge in [0.2, 0.25) is 5.91 Å². The molecule has 3 atom stereocenters. The second-order valence-electron chi connectivity index (χ2n) is 12.2. The smallest absolute Gasteiger partial charge is 0.321 e. The summed E-state index contributed by atoms with van der Waals surface area (Å²) in [5.74, 6) is -0.910. The number of nitrogens with zero attached hydrogens (tertiary/aromatic N) is 2. The van der Waals surface area contributed by atoms with Gasteiger partial charge < -0.3 is 14.6 Å². The Labute approximate surface area is 257 Å². The number of amides is 1. The Morgan fingerprint density at radius 3 is 2.42 bits per heavy atom. The number of esters is 2. The Kier molecular flexibility index (Phi) is 12.2. The minimum atomic E-state index is -0.397. The highest BCUT2D eigenvalue weighted by atomic mass is 16.6. The lowest BCUT2D eigenvalue weighted by atomic mass is 9.79. The summed E-state index contributed by atoms with van der Waals surface area (Å²) in [7, 11) is 2.15. The first-order valence-corrected chi connectivity index (χ1v) is 16.6. The van der Waals surface area contributed by atoms with Gasteiger partial charge in [0.25, 0.3) is 0 Å². The van der Waals surface area contributed by atoms with Crippen molar-refractivity contribution in [2.45, 2.75) is 97.4 Å². The van der Waals surface area contributed by atoms with Crippen molar-refractivity contribution in [1.82, 2.24) is 14.8 Å². The second-order valence-corrected chi connectivity index (χ2v) is 12.2. The summed E-state index contributed by atoms with van der Waals surface area (Å²) in [6, 6.07) is 6.82. The van der Waals surface area contributed by atoms with E-state index in [1.807, 2.05) is 17.1 Å². The number of H-pyrrole nitrogens is 1. The van der Waals surface area contributed by atoms with Crippen molar-refractivity contribution in [3.05, 3.63) is 53.8 Å². The van der Waals surface area contributed by atoms with Crippen molar-refractivity contribution in [1.29, 1.82) is 0 Å². The Bertz CT molecular complexity index is 1300. The number of aromatic nitrogens is 1.